The van der Waals surface area contributed by atoms with Crippen LogP contribution in [0.5, 0.6) is 11.5 Å². The highest BCUT2D eigenvalue weighted by atomic mass is 79.9. The summed E-state index contributed by atoms with van der Waals surface area (Å²) >= 11 is 3.47. The van der Waals surface area contributed by atoms with E-state index in [4.69, 9.17) is 14.5 Å². The lowest BCUT2D eigenvalue weighted by Crippen LogP contribution is -2.28. The lowest BCUT2D eigenvalue weighted by atomic mass is 10.1. The molecule has 0 radical (unpaired) electrons. The number of H-pyrrole nitrogens is 2. The van der Waals surface area contributed by atoms with Crippen molar-refractivity contribution in [2.75, 3.05) is 19.9 Å². The molecule has 0 bridgehead atoms. The zero-order valence-electron chi connectivity index (χ0n) is 16.9. The molecule has 1 saturated heterocycles. The molecule has 10 heteroatoms. The molecular weight excluding hydrogens is 496 g/mol. The zero-order chi connectivity index (χ0) is 21.9. The molecule has 0 atom stereocenters. The molecule has 2 aromatic heterocycles. The van der Waals surface area contributed by atoms with Gasteiger partial charge >= 0.3 is 0 Å². The predicted molar refractivity (Wildman–Crippen MR) is 123 cm³/mol. The van der Waals surface area contributed by atoms with Gasteiger partial charge in [0.05, 0.1) is 5.69 Å². The van der Waals surface area contributed by atoms with Crippen molar-refractivity contribution in [2.24, 2.45) is 0 Å². The Kier molecular flexibility index (Phi) is 4.56. The van der Waals surface area contributed by atoms with Gasteiger partial charge in [0.1, 0.15) is 10.6 Å². The van der Waals surface area contributed by atoms with E-state index in [1.165, 1.54) is 0 Å². The summed E-state index contributed by atoms with van der Waals surface area (Å²) in [5, 5.41) is 0.641. The van der Waals surface area contributed by atoms with Gasteiger partial charge in [0.15, 0.2) is 17.3 Å². The lowest BCUT2D eigenvalue weighted by molar-refractivity contribution is 0.174. The summed E-state index contributed by atoms with van der Waals surface area (Å²) in [4.78, 5) is 11.4. The first-order chi connectivity index (χ1) is 15.5. The highest BCUT2D eigenvalue weighted by Gasteiger charge is 2.33. The first-order valence-electron chi connectivity index (χ1n) is 10.3. The normalized spacial score (nSPS) is 16.3. The average molecular weight is 515 g/mol. The van der Waals surface area contributed by atoms with Gasteiger partial charge in [-0.05, 0) is 49.2 Å². The van der Waals surface area contributed by atoms with Gasteiger partial charge in [-0.2, -0.15) is 4.31 Å². The number of nitrogens with one attached hydrogen (secondary N) is 2. The number of benzene rings is 2. The van der Waals surface area contributed by atoms with Crippen LogP contribution < -0.4 is 9.47 Å². The topological polar surface area (TPSA) is 100 Å². The molecule has 4 aromatic rings. The van der Waals surface area contributed by atoms with Crippen molar-refractivity contribution in [3.63, 3.8) is 0 Å². The average Bonchev–Trinajstić information content (AvgIpc) is 3.58. The van der Waals surface area contributed by atoms with E-state index >= 15 is 0 Å². The number of hydrogen-bond donors (Lipinski definition) is 2. The SMILES string of the molecule is O=S(=O)(c1c(-c2nc(-c3ccc4c(c3)OCO4)c[nH]2)[nH]c2ccc(Br)cc12)N1CCCC1. The number of rotatable bonds is 4. The number of imidazole rings is 1. The number of sulfonamides is 1. The molecule has 32 heavy (non-hydrogen) atoms. The first kappa shape index (κ1) is 19.8. The van der Waals surface area contributed by atoms with Gasteiger partial charge in [-0.1, -0.05) is 15.9 Å². The van der Waals surface area contributed by atoms with Gasteiger partial charge in [-0.3, -0.25) is 0 Å². The molecule has 2 N–H and O–H groups in total. The van der Waals surface area contributed by atoms with Crippen molar-refractivity contribution in [3.8, 4) is 34.3 Å². The van der Waals surface area contributed by atoms with Crippen LogP contribution in [0.15, 0.2) is 52.0 Å². The number of nitrogens with zero attached hydrogens (tertiary/aromatic N) is 2. The van der Waals surface area contributed by atoms with E-state index in [2.05, 4.69) is 25.9 Å². The molecule has 0 unspecified atom stereocenters. The van der Waals surface area contributed by atoms with Crippen molar-refractivity contribution in [3.05, 3.63) is 47.1 Å². The van der Waals surface area contributed by atoms with Crippen LogP contribution in [-0.4, -0.2) is 47.6 Å². The number of halogens is 1. The Labute approximate surface area is 192 Å². The lowest BCUT2D eigenvalue weighted by Gasteiger charge is -2.16. The van der Waals surface area contributed by atoms with Crippen LogP contribution in [0.4, 0.5) is 0 Å². The molecule has 2 aliphatic rings. The second-order valence-corrected chi connectivity index (χ2v) is 10.6. The van der Waals surface area contributed by atoms with E-state index in [-0.39, 0.29) is 11.7 Å². The van der Waals surface area contributed by atoms with Crippen molar-refractivity contribution in [1.29, 1.82) is 0 Å². The maximum absolute atomic E-state index is 13.6. The van der Waals surface area contributed by atoms with Crippen LogP contribution in [0.25, 0.3) is 33.7 Å². The third-order valence-electron chi connectivity index (χ3n) is 5.86. The molecule has 164 valence electrons. The van der Waals surface area contributed by atoms with E-state index in [9.17, 15) is 8.42 Å². The molecule has 6 rings (SSSR count). The second kappa shape index (κ2) is 7.36. The maximum Gasteiger partial charge on any atom is 0.245 e. The molecule has 2 aliphatic heterocycles. The quantitative estimate of drug-likeness (QED) is 0.417. The van der Waals surface area contributed by atoms with Gasteiger partial charge in [0.2, 0.25) is 16.8 Å². The summed E-state index contributed by atoms with van der Waals surface area (Å²) < 4.78 is 40.5. The Bertz CT molecular complexity index is 1450. The van der Waals surface area contributed by atoms with Gasteiger partial charge in [-0.15, -0.1) is 0 Å². The third-order valence-corrected chi connectivity index (χ3v) is 8.34. The number of hydrogen-bond acceptors (Lipinski definition) is 5. The van der Waals surface area contributed by atoms with Crippen LogP contribution in [0.1, 0.15) is 12.8 Å². The summed E-state index contributed by atoms with van der Waals surface area (Å²) in [6.45, 7) is 1.26. The van der Waals surface area contributed by atoms with E-state index in [1.807, 2.05) is 36.4 Å². The highest BCUT2D eigenvalue weighted by molar-refractivity contribution is 9.10. The molecular formula is C22H19BrN4O4S. The standard InChI is InChI=1S/C22H19BrN4O4S/c23-14-4-5-16-15(10-14)21(32(28,29)27-7-1-2-8-27)20(25-16)22-24-11-17(26-22)13-3-6-18-19(9-13)31-12-30-18/h3-6,9-11,25H,1-2,7-8,12H2,(H,24,26). The molecule has 1 fully saturated rings. The Balaban J connectivity index is 1.50. The number of ether oxygens (including phenoxy) is 2. The van der Waals surface area contributed by atoms with Gasteiger partial charge in [0.25, 0.3) is 0 Å². The van der Waals surface area contributed by atoms with E-state index < -0.39 is 10.0 Å². The molecule has 0 saturated carbocycles. The number of aromatic amines is 2. The van der Waals surface area contributed by atoms with Crippen molar-refractivity contribution in [1.82, 2.24) is 19.3 Å². The Hall–Kier alpha value is -2.82. The summed E-state index contributed by atoms with van der Waals surface area (Å²) in [5.74, 6) is 1.83. The van der Waals surface area contributed by atoms with E-state index in [0.29, 0.717) is 47.2 Å². The minimum atomic E-state index is -3.70. The van der Waals surface area contributed by atoms with E-state index in [0.717, 1.165) is 28.4 Å². The Morgan fingerprint density at radius 3 is 2.69 bits per heavy atom. The largest absolute Gasteiger partial charge is 0.454 e. The van der Waals surface area contributed by atoms with Crippen LogP contribution in [0.3, 0.4) is 0 Å². The van der Waals surface area contributed by atoms with Crippen molar-refractivity contribution < 1.29 is 17.9 Å². The Morgan fingerprint density at radius 2 is 1.84 bits per heavy atom. The Morgan fingerprint density at radius 1 is 1.03 bits per heavy atom. The summed E-state index contributed by atoms with van der Waals surface area (Å²) in [5.41, 5.74) is 2.72. The first-order valence-corrected chi connectivity index (χ1v) is 12.5. The highest BCUT2D eigenvalue weighted by Crippen LogP contribution is 2.39. The predicted octanol–water partition coefficient (Wildman–Crippen LogP) is 4.50. The van der Waals surface area contributed by atoms with Crippen LogP contribution in [0, 0.1) is 0 Å². The van der Waals surface area contributed by atoms with Crippen molar-refractivity contribution in [2.45, 2.75) is 17.7 Å². The molecule has 2 aromatic carbocycles. The fourth-order valence-corrected chi connectivity index (χ4v) is 6.50. The summed E-state index contributed by atoms with van der Waals surface area (Å²) in [6.07, 6.45) is 3.51. The fraction of sp³-hybridized carbons (Fsp3) is 0.227. The maximum atomic E-state index is 13.6. The van der Waals surface area contributed by atoms with Gasteiger partial charge < -0.3 is 19.4 Å². The molecule has 8 nitrogen and oxygen atoms in total. The van der Waals surface area contributed by atoms with Crippen LogP contribution in [0.2, 0.25) is 0 Å². The summed E-state index contributed by atoms with van der Waals surface area (Å²) in [7, 11) is -3.70. The van der Waals surface area contributed by atoms with Gasteiger partial charge in [0, 0.05) is 40.2 Å². The minimum Gasteiger partial charge on any atom is -0.454 e. The molecule has 4 heterocycles. The third kappa shape index (κ3) is 3.13. The minimum absolute atomic E-state index is 0.201. The molecule has 0 spiro atoms. The number of fused-ring (bicyclic) bond motifs is 2. The zero-order valence-corrected chi connectivity index (χ0v) is 19.3. The van der Waals surface area contributed by atoms with Crippen LogP contribution >= 0.6 is 15.9 Å². The molecule has 0 amide bonds. The fourth-order valence-electron chi connectivity index (χ4n) is 4.29. The number of aromatic nitrogens is 3. The van der Waals surface area contributed by atoms with E-state index in [1.54, 1.807) is 10.5 Å². The summed E-state index contributed by atoms with van der Waals surface area (Å²) in [6, 6.07) is 11.2. The second-order valence-electron chi connectivity index (χ2n) is 7.83. The van der Waals surface area contributed by atoms with Gasteiger partial charge in [-0.25, -0.2) is 13.4 Å². The monoisotopic (exact) mass is 514 g/mol. The van der Waals surface area contributed by atoms with Crippen molar-refractivity contribution >= 4 is 36.9 Å². The smallest absolute Gasteiger partial charge is 0.245 e. The molecule has 0 aliphatic carbocycles. The van der Waals surface area contributed by atoms with Crippen LogP contribution in [-0.2, 0) is 10.0 Å².